The minimum Gasteiger partial charge on any atom is -0.322 e. The molecular formula is C13H11BrN2O3S. The van der Waals surface area contributed by atoms with Crippen molar-refractivity contribution in [2.45, 2.75) is 4.90 Å². The second-order valence-corrected chi connectivity index (χ2v) is 7.08. The first-order valence-corrected chi connectivity index (χ1v) is 8.27. The molecule has 5 nitrogen and oxygen atoms in total. The number of pyridine rings is 1. The molecule has 0 aliphatic carbocycles. The lowest BCUT2D eigenvalue weighted by Gasteiger charge is -2.06. The normalized spacial score (nSPS) is 11.1. The quantitative estimate of drug-likeness (QED) is 0.918. The predicted octanol–water partition coefficient (Wildman–Crippen LogP) is 2.50. The summed E-state index contributed by atoms with van der Waals surface area (Å²) in [5.74, 6) is -0.357. The molecule has 20 heavy (non-hydrogen) atoms. The Morgan fingerprint density at radius 2 is 2.00 bits per heavy atom. The second-order valence-electron chi connectivity index (χ2n) is 4.15. The fraction of sp³-hybridized carbons (Fsp3) is 0.0769. The van der Waals surface area contributed by atoms with Crippen LogP contribution in [0.4, 0.5) is 5.69 Å². The van der Waals surface area contributed by atoms with Crippen LogP contribution in [0.25, 0.3) is 0 Å². The van der Waals surface area contributed by atoms with Crippen LogP contribution in [0.1, 0.15) is 10.4 Å². The molecule has 1 aromatic carbocycles. The van der Waals surface area contributed by atoms with Crippen molar-refractivity contribution in [1.82, 2.24) is 4.98 Å². The molecule has 0 fully saturated rings. The van der Waals surface area contributed by atoms with Crippen LogP contribution in [-0.2, 0) is 9.84 Å². The average molecular weight is 355 g/mol. The van der Waals surface area contributed by atoms with Crippen molar-refractivity contribution in [3.05, 3.63) is 52.8 Å². The van der Waals surface area contributed by atoms with Crippen LogP contribution in [0.2, 0.25) is 0 Å². The molecule has 0 saturated carbocycles. The Bertz CT molecular complexity index is 760. The molecule has 1 aromatic heterocycles. The number of nitrogens with one attached hydrogen (secondary N) is 1. The maximum atomic E-state index is 12.0. The van der Waals surface area contributed by atoms with Gasteiger partial charge in [-0.2, -0.15) is 0 Å². The average Bonchev–Trinajstić information content (AvgIpc) is 2.38. The molecule has 1 heterocycles. The Labute approximate surface area is 125 Å². The number of hydrogen-bond donors (Lipinski definition) is 1. The molecule has 0 aliphatic rings. The van der Waals surface area contributed by atoms with Crippen LogP contribution >= 0.6 is 15.9 Å². The van der Waals surface area contributed by atoms with Gasteiger partial charge in [0.25, 0.3) is 5.91 Å². The smallest absolute Gasteiger partial charge is 0.257 e. The van der Waals surface area contributed by atoms with Gasteiger partial charge in [-0.25, -0.2) is 8.42 Å². The van der Waals surface area contributed by atoms with Crippen molar-refractivity contribution in [2.24, 2.45) is 0 Å². The van der Waals surface area contributed by atoms with Crippen LogP contribution in [0.3, 0.4) is 0 Å². The zero-order chi connectivity index (χ0) is 14.8. The van der Waals surface area contributed by atoms with E-state index < -0.39 is 9.84 Å². The van der Waals surface area contributed by atoms with Gasteiger partial charge in [0, 0.05) is 28.8 Å². The summed E-state index contributed by atoms with van der Waals surface area (Å²) in [6.45, 7) is 0. The van der Waals surface area contributed by atoms with Gasteiger partial charge < -0.3 is 5.32 Å². The number of benzene rings is 1. The van der Waals surface area contributed by atoms with E-state index >= 15 is 0 Å². The Hall–Kier alpha value is -1.73. The highest BCUT2D eigenvalue weighted by molar-refractivity contribution is 9.10. The zero-order valence-corrected chi connectivity index (χ0v) is 12.9. The molecular weight excluding hydrogens is 344 g/mol. The molecule has 7 heteroatoms. The third kappa shape index (κ3) is 3.64. The van der Waals surface area contributed by atoms with E-state index in [2.05, 4.69) is 26.2 Å². The van der Waals surface area contributed by atoms with E-state index in [1.54, 1.807) is 24.4 Å². The summed E-state index contributed by atoms with van der Waals surface area (Å²) in [6, 6.07) is 7.72. The minimum absolute atomic E-state index is 0.155. The molecule has 2 rings (SSSR count). The van der Waals surface area contributed by atoms with Crippen LogP contribution in [-0.4, -0.2) is 25.6 Å². The molecule has 0 bridgehead atoms. The Morgan fingerprint density at radius 1 is 1.25 bits per heavy atom. The van der Waals surface area contributed by atoms with Crippen molar-refractivity contribution in [2.75, 3.05) is 11.6 Å². The molecule has 0 aliphatic heterocycles. The van der Waals surface area contributed by atoms with Gasteiger partial charge in [-0.3, -0.25) is 9.78 Å². The third-order valence-corrected chi connectivity index (χ3v) is 4.03. The molecule has 1 amide bonds. The van der Waals surface area contributed by atoms with Gasteiger partial charge in [0.05, 0.1) is 10.5 Å². The molecule has 0 saturated heterocycles. The maximum absolute atomic E-state index is 12.0. The maximum Gasteiger partial charge on any atom is 0.257 e. The number of sulfone groups is 1. The standard InChI is InChI=1S/C13H11BrN2O3S/c1-20(18,19)12-4-2-3-11(6-12)16-13(17)9-5-10(14)8-15-7-9/h2-8H,1H3,(H,16,17). The van der Waals surface area contributed by atoms with Crippen LogP contribution in [0, 0.1) is 0 Å². The lowest BCUT2D eigenvalue weighted by atomic mass is 10.2. The summed E-state index contributed by atoms with van der Waals surface area (Å²) in [5, 5.41) is 2.63. The highest BCUT2D eigenvalue weighted by Crippen LogP contribution is 2.17. The van der Waals surface area contributed by atoms with E-state index in [1.807, 2.05) is 0 Å². The first-order chi connectivity index (χ1) is 9.36. The predicted molar refractivity (Wildman–Crippen MR) is 79.4 cm³/mol. The lowest BCUT2D eigenvalue weighted by molar-refractivity contribution is 0.102. The summed E-state index contributed by atoms with van der Waals surface area (Å²) in [5.41, 5.74) is 0.794. The van der Waals surface area contributed by atoms with Crippen molar-refractivity contribution in [3.8, 4) is 0 Å². The first-order valence-electron chi connectivity index (χ1n) is 5.58. The second kappa shape index (κ2) is 5.72. The minimum atomic E-state index is -3.30. The molecule has 104 valence electrons. The van der Waals surface area contributed by atoms with Crippen molar-refractivity contribution in [3.63, 3.8) is 0 Å². The molecule has 0 radical (unpaired) electrons. The summed E-state index contributed by atoms with van der Waals surface area (Å²) in [6.07, 6.45) is 4.12. The fourth-order valence-electron chi connectivity index (χ4n) is 1.54. The zero-order valence-electron chi connectivity index (χ0n) is 10.5. The summed E-state index contributed by atoms with van der Waals surface area (Å²) in [4.78, 5) is 16.1. The summed E-state index contributed by atoms with van der Waals surface area (Å²) >= 11 is 3.23. The summed E-state index contributed by atoms with van der Waals surface area (Å²) < 4.78 is 23.6. The van der Waals surface area contributed by atoms with E-state index in [4.69, 9.17) is 0 Å². The highest BCUT2D eigenvalue weighted by Gasteiger charge is 2.10. The number of hydrogen-bond acceptors (Lipinski definition) is 4. The summed E-state index contributed by atoms with van der Waals surface area (Å²) in [7, 11) is -3.30. The monoisotopic (exact) mass is 354 g/mol. The van der Waals surface area contributed by atoms with Crippen molar-refractivity contribution < 1.29 is 13.2 Å². The van der Waals surface area contributed by atoms with E-state index in [-0.39, 0.29) is 10.8 Å². The van der Waals surface area contributed by atoms with Crippen molar-refractivity contribution >= 4 is 37.4 Å². The molecule has 0 unspecified atom stereocenters. The fourth-order valence-corrected chi connectivity index (χ4v) is 2.58. The molecule has 1 N–H and O–H groups in total. The lowest BCUT2D eigenvalue weighted by Crippen LogP contribution is -2.12. The topological polar surface area (TPSA) is 76.1 Å². The van der Waals surface area contributed by atoms with E-state index in [0.29, 0.717) is 15.7 Å². The van der Waals surface area contributed by atoms with Gasteiger partial charge in [0.15, 0.2) is 9.84 Å². The van der Waals surface area contributed by atoms with Gasteiger partial charge in [-0.15, -0.1) is 0 Å². The van der Waals surface area contributed by atoms with Crippen molar-refractivity contribution in [1.29, 1.82) is 0 Å². The van der Waals surface area contributed by atoms with Crippen LogP contribution < -0.4 is 5.32 Å². The number of nitrogens with zero attached hydrogens (tertiary/aromatic N) is 1. The van der Waals surface area contributed by atoms with Gasteiger partial charge in [0.2, 0.25) is 0 Å². The van der Waals surface area contributed by atoms with Gasteiger partial charge >= 0.3 is 0 Å². The molecule has 0 spiro atoms. The van der Waals surface area contributed by atoms with Crippen LogP contribution in [0.5, 0.6) is 0 Å². The Kier molecular flexibility index (Phi) is 4.20. The number of anilines is 1. The van der Waals surface area contributed by atoms with E-state index in [9.17, 15) is 13.2 Å². The largest absolute Gasteiger partial charge is 0.322 e. The number of aromatic nitrogens is 1. The van der Waals surface area contributed by atoms with E-state index in [0.717, 1.165) is 6.26 Å². The van der Waals surface area contributed by atoms with Gasteiger partial charge in [0.1, 0.15) is 0 Å². The Morgan fingerprint density at radius 3 is 2.65 bits per heavy atom. The van der Waals surface area contributed by atoms with E-state index in [1.165, 1.54) is 18.3 Å². The number of rotatable bonds is 3. The first kappa shape index (κ1) is 14.7. The number of carbonyl (C=O) groups is 1. The van der Waals surface area contributed by atoms with Gasteiger partial charge in [-0.05, 0) is 40.2 Å². The highest BCUT2D eigenvalue weighted by atomic mass is 79.9. The molecule has 0 atom stereocenters. The molecule has 2 aromatic rings. The third-order valence-electron chi connectivity index (χ3n) is 2.49. The Balaban J connectivity index is 2.25. The van der Waals surface area contributed by atoms with Gasteiger partial charge in [-0.1, -0.05) is 6.07 Å². The SMILES string of the molecule is CS(=O)(=O)c1cccc(NC(=O)c2cncc(Br)c2)c1. The van der Waals surface area contributed by atoms with Crippen LogP contribution in [0.15, 0.2) is 52.1 Å². The number of halogens is 1. The number of carbonyl (C=O) groups excluding carboxylic acids is 1. The number of amides is 1.